The number of carbonyl (C=O) groups excluding carboxylic acids is 3. The highest BCUT2D eigenvalue weighted by Gasteiger charge is 2.30. The largest absolute Gasteiger partial charge is 0.465 e. The first kappa shape index (κ1) is 33.9. The lowest BCUT2D eigenvalue weighted by Gasteiger charge is -2.14. The molecule has 264 valence electrons. The van der Waals surface area contributed by atoms with E-state index >= 15 is 0 Å². The van der Waals surface area contributed by atoms with Gasteiger partial charge in [0.25, 0.3) is 0 Å². The lowest BCUT2D eigenvalue weighted by Crippen LogP contribution is -2.78. The highest BCUT2D eigenvalue weighted by Crippen LogP contribution is 2.36. The SMILES string of the molecule is COC(=O)c1ccc(C2=C3C=CC(=N3)OC3=NC(=C(c4ccc(C(=O)OC)cc4)C4=NC(=C(c5ccc(C(=O)OC)cc5)C5=CC=C2[NH2+]5)C=C4)C=C3)cc1. The third-order valence-corrected chi connectivity index (χ3v) is 9.22. The highest BCUT2D eigenvalue weighted by atomic mass is 16.5. The van der Waals surface area contributed by atoms with Crippen LogP contribution in [0.1, 0.15) is 47.8 Å². The van der Waals surface area contributed by atoms with Crippen molar-refractivity contribution in [3.05, 3.63) is 183 Å². The van der Waals surface area contributed by atoms with Crippen LogP contribution in [0.4, 0.5) is 0 Å². The van der Waals surface area contributed by atoms with Crippen LogP contribution in [0.25, 0.3) is 16.7 Å². The summed E-state index contributed by atoms with van der Waals surface area (Å²) < 4.78 is 21.0. The first-order chi connectivity index (χ1) is 26.3. The zero-order valence-corrected chi connectivity index (χ0v) is 29.3. The van der Waals surface area contributed by atoms with Gasteiger partial charge in [-0.25, -0.2) is 29.4 Å². The van der Waals surface area contributed by atoms with Gasteiger partial charge in [0.2, 0.25) is 11.8 Å². The normalized spacial score (nSPS) is 16.8. The van der Waals surface area contributed by atoms with Crippen molar-refractivity contribution >= 4 is 52.1 Å². The van der Waals surface area contributed by atoms with Crippen LogP contribution in [0.3, 0.4) is 0 Å². The Balaban J connectivity index is 1.31. The molecule has 11 heteroatoms. The third-order valence-electron chi connectivity index (χ3n) is 9.22. The van der Waals surface area contributed by atoms with Gasteiger partial charge in [-0.1, -0.05) is 36.4 Å². The van der Waals surface area contributed by atoms with Crippen LogP contribution in [0.5, 0.6) is 0 Å². The molecule has 0 saturated heterocycles. The van der Waals surface area contributed by atoms with Crippen molar-refractivity contribution in [1.29, 1.82) is 0 Å². The second kappa shape index (κ2) is 14.1. The summed E-state index contributed by atoms with van der Waals surface area (Å²) in [5.41, 5.74) is 10.4. The monoisotopic (exact) mass is 715 g/mol. The van der Waals surface area contributed by atoms with Crippen LogP contribution in [0.15, 0.2) is 165 Å². The predicted molar refractivity (Wildman–Crippen MR) is 203 cm³/mol. The maximum atomic E-state index is 12.3. The standard InChI is InChI=1S/C43H30N4O7/c1-51-41(48)27-10-4-24(5-11-27)38-30-16-18-32(44-30)39(25-6-12-28(13-7-25)42(49)52-2)34-20-22-36(46-34)54-37-23-21-35(47-37)40(33-19-17-31(38)45-33)26-8-14-29(15-9-26)43(50)53-3/h4-23,44H,1-3H3/p+1. The fourth-order valence-electron chi connectivity index (χ4n) is 6.61. The van der Waals surface area contributed by atoms with Crippen LogP contribution in [-0.4, -0.2) is 56.7 Å². The van der Waals surface area contributed by atoms with Crippen LogP contribution >= 0.6 is 0 Å². The van der Waals surface area contributed by atoms with Crippen LogP contribution in [0.2, 0.25) is 0 Å². The average molecular weight is 716 g/mol. The Bertz CT molecular complexity index is 2500. The third kappa shape index (κ3) is 6.29. The van der Waals surface area contributed by atoms with Crippen molar-refractivity contribution in [2.45, 2.75) is 0 Å². The molecule has 0 spiro atoms. The van der Waals surface area contributed by atoms with E-state index in [0.717, 1.165) is 44.8 Å². The second-order valence-electron chi connectivity index (χ2n) is 12.4. The summed E-state index contributed by atoms with van der Waals surface area (Å²) in [6.07, 6.45) is 15.2. The molecular weight excluding hydrogens is 684 g/mol. The molecule has 0 aromatic heterocycles. The maximum Gasteiger partial charge on any atom is 0.337 e. The van der Waals surface area contributed by atoms with Gasteiger partial charge in [-0.05, 0) is 77.4 Å². The number of rotatable bonds is 6. The molecule has 0 radical (unpaired) electrons. The number of aliphatic imine (C=N–C) groups is 3. The molecule has 3 aromatic carbocycles. The summed E-state index contributed by atoms with van der Waals surface area (Å²) in [7, 11) is 4.04. The van der Waals surface area contributed by atoms with Crippen molar-refractivity contribution < 1.29 is 38.6 Å². The quantitative estimate of drug-likeness (QED) is 0.247. The lowest BCUT2D eigenvalue weighted by molar-refractivity contribution is -0.537. The number of allylic oxidation sites excluding steroid dienone is 9. The average Bonchev–Trinajstić information content (AvgIpc) is 4.05. The Morgan fingerprint density at radius 3 is 1.28 bits per heavy atom. The Morgan fingerprint density at radius 1 is 0.481 bits per heavy atom. The number of hydrogen-bond donors (Lipinski definition) is 1. The van der Waals surface area contributed by atoms with Gasteiger partial charge in [0.05, 0.1) is 72.0 Å². The number of fused-ring (bicyclic) bond motifs is 5. The minimum Gasteiger partial charge on any atom is -0.465 e. The van der Waals surface area contributed by atoms with E-state index in [1.807, 2.05) is 72.9 Å². The topological polar surface area (TPSA) is 142 Å². The van der Waals surface area contributed by atoms with Crippen LogP contribution < -0.4 is 5.32 Å². The van der Waals surface area contributed by atoms with E-state index in [4.69, 9.17) is 33.9 Å². The Morgan fingerprint density at radius 2 is 0.852 bits per heavy atom. The molecule has 0 aliphatic carbocycles. The van der Waals surface area contributed by atoms with Crippen molar-refractivity contribution in [2.75, 3.05) is 21.3 Å². The summed E-state index contributed by atoms with van der Waals surface area (Å²) in [5.74, 6) is -0.605. The van der Waals surface area contributed by atoms with E-state index in [1.54, 1.807) is 48.6 Å². The summed E-state index contributed by atoms with van der Waals surface area (Å²) in [4.78, 5) is 51.7. The summed E-state index contributed by atoms with van der Waals surface area (Å²) in [5, 5.41) is 2.07. The molecule has 11 nitrogen and oxygen atoms in total. The predicted octanol–water partition coefficient (Wildman–Crippen LogP) is 5.90. The van der Waals surface area contributed by atoms with E-state index in [-0.39, 0.29) is 0 Å². The van der Waals surface area contributed by atoms with Crippen molar-refractivity contribution in [1.82, 2.24) is 0 Å². The molecule has 8 bridgehead atoms. The minimum absolute atomic E-state index is 0.342. The van der Waals surface area contributed by atoms with Gasteiger partial charge in [-0.3, -0.25) is 5.32 Å². The molecule has 3 aromatic rings. The zero-order valence-electron chi connectivity index (χ0n) is 29.3. The number of benzene rings is 3. The minimum atomic E-state index is -0.438. The number of hydrogen-bond acceptors (Lipinski definition) is 10. The number of quaternary nitrogens is 1. The number of esters is 3. The summed E-state index contributed by atoms with van der Waals surface area (Å²) in [6, 6.07) is 21.5. The van der Waals surface area contributed by atoms with Gasteiger partial charge in [0, 0.05) is 29.9 Å². The van der Waals surface area contributed by atoms with Gasteiger partial charge in [0.15, 0.2) is 0 Å². The Hall–Kier alpha value is -7.24. The van der Waals surface area contributed by atoms with Crippen molar-refractivity contribution in [2.24, 2.45) is 15.0 Å². The zero-order chi connectivity index (χ0) is 37.3. The molecule has 0 amide bonds. The number of nitrogens with two attached hydrogens (primary N) is 1. The molecular formula is C43H31N4O7+. The Kier molecular flexibility index (Phi) is 8.82. The van der Waals surface area contributed by atoms with Crippen LogP contribution in [0, 0.1) is 0 Å². The van der Waals surface area contributed by atoms with E-state index in [1.165, 1.54) is 21.3 Å². The van der Waals surface area contributed by atoms with E-state index in [0.29, 0.717) is 51.3 Å². The highest BCUT2D eigenvalue weighted by molar-refractivity contribution is 6.32. The molecule has 54 heavy (non-hydrogen) atoms. The maximum absolute atomic E-state index is 12.3. The molecule has 5 aliphatic rings. The molecule has 5 heterocycles. The van der Waals surface area contributed by atoms with E-state index in [2.05, 4.69) is 5.32 Å². The lowest BCUT2D eigenvalue weighted by atomic mass is 9.97. The fourth-order valence-corrected chi connectivity index (χ4v) is 6.61. The van der Waals surface area contributed by atoms with E-state index in [9.17, 15) is 14.4 Å². The summed E-state index contributed by atoms with van der Waals surface area (Å²) >= 11 is 0. The number of carbonyl (C=O) groups is 3. The molecule has 8 rings (SSSR count). The van der Waals surface area contributed by atoms with Crippen molar-refractivity contribution in [3.8, 4) is 0 Å². The van der Waals surface area contributed by atoms with Gasteiger partial charge in [-0.2, -0.15) is 0 Å². The summed E-state index contributed by atoms with van der Waals surface area (Å²) in [6.45, 7) is 0. The number of methoxy groups -OCH3 is 3. The molecule has 0 unspecified atom stereocenters. The smallest absolute Gasteiger partial charge is 0.337 e. The first-order valence-corrected chi connectivity index (χ1v) is 16.9. The molecule has 0 atom stereocenters. The van der Waals surface area contributed by atoms with Crippen molar-refractivity contribution in [3.63, 3.8) is 0 Å². The number of ether oxygens (including phenoxy) is 4. The molecule has 2 N–H and O–H groups in total. The van der Waals surface area contributed by atoms with Gasteiger partial charge in [-0.15, -0.1) is 0 Å². The van der Waals surface area contributed by atoms with E-state index < -0.39 is 17.9 Å². The fraction of sp³-hybridized carbons (Fsp3) is 0.0698. The molecule has 0 saturated carbocycles. The van der Waals surface area contributed by atoms with Gasteiger partial charge < -0.3 is 18.9 Å². The molecule has 5 aliphatic heterocycles. The molecule has 0 fully saturated rings. The van der Waals surface area contributed by atoms with Crippen LogP contribution in [-0.2, 0) is 18.9 Å². The number of nitrogens with zero attached hydrogens (tertiary/aromatic N) is 3. The van der Waals surface area contributed by atoms with Gasteiger partial charge >= 0.3 is 17.9 Å². The second-order valence-corrected chi connectivity index (χ2v) is 12.4. The first-order valence-electron chi connectivity index (χ1n) is 16.9. The van der Waals surface area contributed by atoms with Gasteiger partial charge in [0.1, 0.15) is 11.4 Å². The Labute approximate surface area is 309 Å².